The molecule has 0 fully saturated rings. The summed E-state index contributed by atoms with van der Waals surface area (Å²) >= 11 is 0. The van der Waals surface area contributed by atoms with E-state index in [2.05, 4.69) is 4.98 Å². The molecule has 0 bridgehead atoms. The molecule has 3 rings (SSSR count). The standard InChI is InChI=1S/C24H24N2O5/c1-3-4-9-20-25-15(2)21(24(30)31)22(27)26(20)14-16-10-12-17(13-11-16)18-7-5-6-8-19(18)23(28)29/h5-8,10-13H,3-4,9,14H2,1-2H3,(H,28,29)(H,30,31). The zero-order chi connectivity index (χ0) is 22.5. The minimum atomic E-state index is -1.29. The van der Waals surface area contributed by atoms with Crippen molar-refractivity contribution in [2.75, 3.05) is 0 Å². The summed E-state index contributed by atoms with van der Waals surface area (Å²) in [6, 6.07) is 14.0. The molecule has 0 aliphatic rings. The Hall–Kier alpha value is -3.74. The minimum Gasteiger partial charge on any atom is -0.478 e. The average molecular weight is 420 g/mol. The highest BCUT2D eigenvalue weighted by Crippen LogP contribution is 2.24. The molecule has 1 aromatic heterocycles. The smallest absolute Gasteiger partial charge is 0.343 e. The van der Waals surface area contributed by atoms with Gasteiger partial charge in [0.1, 0.15) is 11.4 Å². The molecule has 2 N–H and O–H groups in total. The molecule has 0 aliphatic carbocycles. The van der Waals surface area contributed by atoms with Gasteiger partial charge in [0.2, 0.25) is 0 Å². The van der Waals surface area contributed by atoms with Crippen molar-refractivity contribution in [3.05, 3.63) is 87.1 Å². The highest BCUT2D eigenvalue weighted by molar-refractivity contribution is 5.96. The first kappa shape index (κ1) is 22.0. The summed E-state index contributed by atoms with van der Waals surface area (Å²) in [4.78, 5) is 40.4. The van der Waals surface area contributed by atoms with Gasteiger partial charge in [0.05, 0.1) is 17.8 Å². The van der Waals surface area contributed by atoms with E-state index in [0.29, 0.717) is 17.8 Å². The predicted molar refractivity (Wildman–Crippen MR) is 117 cm³/mol. The van der Waals surface area contributed by atoms with Gasteiger partial charge in [0.25, 0.3) is 5.56 Å². The van der Waals surface area contributed by atoms with Crippen molar-refractivity contribution >= 4 is 11.9 Å². The molecular formula is C24H24N2O5. The van der Waals surface area contributed by atoms with Crippen LogP contribution in [0.15, 0.2) is 53.3 Å². The number of rotatable bonds is 8. The Bertz CT molecular complexity index is 1180. The lowest BCUT2D eigenvalue weighted by Crippen LogP contribution is -2.32. The normalized spacial score (nSPS) is 10.8. The van der Waals surface area contributed by atoms with Gasteiger partial charge in [0, 0.05) is 6.42 Å². The summed E-state index contributed by atoms with van der Waals surface area (Å²) in [5.74, 6) is -1.72. The molecule has 0 radical (unpaired) electrons. The summed E-state index contributed by atoms with van der Waals surface area (Å²) in [6.07, 6.45) is 2.34. The number of aromatic carboxylic acids is 2. The SMILES string of the molecule is CCCCc1nc(C)c(C(=O)O)c(=O)n1Cc1ccc(-c2ccccc2C(=O)O)cc1. The average Bonchev–Trinajstić information content (AvgIpc) is 2.74. The van der Waals surface area contributed by atoms with Crippen LogP contribution in [0, 0.1) is 6.92 Å². The molecule has 0 aliphatic heterocycles. The zero-order valence-corrected chi connectivity index (χ0v) is 17.5. The summed E-state index contributed by atoms with van der Waals surface area (Å²) in [7, 11) is 0. The maximum absolute atomic E-state index is 12.9. The van der Waals surface area contributed by atoms with E-state index < -0.39 is 17.5 Å². The summed E-state index contributed by atoms with van der Waals surface area (Å²) in [5.41, 5.74) is 1.70. The van der Waals surface area contributed by atoms with E-state index in [9.17, 15) is 24.6 Å². The lowest BCUT2D eigenvalue weighted by Gasteiger charge is -2.15. The fourth-order valence-electron chi connectivity index (χ4n) is 3.55. The van der Waals surface area contributed by atoms with Crippen molar-refractivity contribution in [1.82, 2.24) is 9.55 Å². The molecule has 31 heavy (non-hydrogen) atoms. The van der Waals surface area contributed by atoms with E-state index in [1.165, 1.54) is 4.57 Å². The van der Waals surface area contributed by atoms with E-state index in [4.69, 9.17) is 0 Å². The molecule has 7 heteroatoms. The molecule has 0 atom stereocenters. The van der Waals surface area contributed by atoms with Gasteiger partial charge < -0.3 is 10.2 Å². The molecule has 3 aromatic rings. The molecular weight excluding hydrogens is 396 g/mol. The molecule has 160 valence electrons. The molecule has 0 unspecified atom stereocenters. The van der Waals surface area contributed by atoms with Crippen molar-refractivity contribution < 1.29 is 19.8 Å². The van der Waals surface area contributed by atoms with Gasteiger partial charge in [-0.15, -0.1) is 0 Å². The number of hydrogen-bond donors (Lipinski definition) is 2. The van der Waals surface area contributed by atoms with Gasteiger partial charge >= 0.3 is 11.9 Å². The van der Waals surface area contributed by atoms with Crippen molar-refractivity contribution in [3.63, 3.8) is 0 Å². The highest BCUT2D eigenvalue weighted by Gasteiger charge is 2.19. The van der Waals surface area contributed by atoms with Crippen LogP contribution in [0.5, 0.6) is 0 Å². The number of hydrogen-bond acceptors (Lipinski definition) is 4. The first-order chi connectivity index (χ1) is 14.8. The van der Waals surface area contributed by atoms with Gasteiger partial charge in [-0.3, -0.25) is 9.36 Å². The zero-order valence-electron chi connectivity index (χ0n) is 17.5. The molecule has 7 nitrogen and oxygen atoms in total. The summed E-state index contributed by atoms with van der Waals surface area (Å²) in [5, 5.41) is 18.8. The Morgan fingerprint density at radius 2 is 1.68 bits per heavy atom. The maximum Gasteiger partial charge on any atom is 0.343 e. The minimum absolute atomic E-state index is 0.187. The summed E-state index contributed by atoms with van der Waals surface area (Å²) in [6.45, 7) is 3.76. The molecule has 0 saturated carbocycles. The molecule has 0 saturated heterocycles. The number of aromatic nitrogens is 2. The number of carboxylic acids is 2. The van der Waals surface area contributed by atoms with Crippen LogP contribution in [0.25, 0.3) is 11.1 Å². The number of aryl methyl sites for hydroxylation is 2. The third kappa shape index (κ3) is 4.71. The van der Waals surface area contributed by atoms with E-state index >= 15 is 0 Å². The van der Waals surface area contributed by atoms with Crippen LogP contribution in [0.4, 0.5) is 0 Å². The van der Waals surface area contributed by atoms with Crippen LogP contribution in [0.1, 0.15) is 57.6 Å². The topological polar surface area (TPSA) is 109 Å². The maximum atomic E-state index is 12.9. The van der Waals surface area contributed by atoms with E-state index in [-0.39, 0.29) is 23.4 Å². The highest BCUT2D eigenvalue weighted by atomic mass is 16.4. The van der Waals surface area contributed by atoms with E-state index in [1.54, 1.807) is 43.3 Å². The van der Waals surface area contributed by atoms with Crippen LogP contribution in [0.3, 0.4) is 0 Å². The van der Waals surface area contributed by atoms with Crippen LogP contribution in [0.2, 0.25) is 0 Å². The van der Waals surface area contributed by atoms with Crippen molar-refractivity contribution in [2.45, 2.75) is 39.7 Å². The Labute approximate surface area is 179 Å². The van der Waals surface area contributed by atoms with Crippen LogP contribution in [-0.4, -0.2) is 31.7 Å². The third-order valence-corrected chi connectivity index (χ3v) is 5.16. The fourth-order valence-corrected chi connectivity index (χ4v) is 3.55. The number of unbranched alkanes of at least 4 members (excludes halogenated alkanes) is 1. The van der Waals surface area contributed by atoms with Crippen molar-refractivity contribution in [2.24, 2.45) is 0 Å². The second-order valence-electron chi connectivity index (χ2n) is 7.34. The molecule has 2 aromatic carbocycles. The molecule has 1 heterocycles. The number of nitrogens with zero attached hydrogens (tertiary/aromatic N) is 2. The Kier molecular flexibility index (Phi) is 6.65. The van der Waals surface area contributed by atoms with E-state index in [1.807, 2.05) is 19.1 Å². The lowest BCUT2D eigenvalue weighted by molar-refractivity contribution is 0.0684. The first-order valence-corrected chi connectivity index (χ1v) is 10.1. The second kappa shape index (κ2) is 9.38. The lowest BCUT2D eigenvalue weighted by atomic mass is 9.98. The largest absolute Gasteiger partial charge is 0.478 e. The second-order valence-corrected chi connectivity index (χ2v) is 7.34. The number of benzene rings is 2. The Balaban J connectivity index is 1.99. The Morgan fingerprint density at radius 3 is 2.29 bits per heavy atom. The van der Waals surface area contributed by atoms with Crippen LogP contribution >= 0.6 is 0 Å². The van der Waals surface area contributed by atoms with Gasteiger partial charge in [-0.2, -0.15) is 0 Å². The third-order valence-electron chi connectivity index (χ3n) is 5.16. The first-order valence-electron chi connectivity index (χ1n) is 10.1. The quantitative estimate of drug-likeness (QED) is 0.570. The van der Waals surface area contributed by atoms with Crippen LogP contribution in [-0.2, 0) is 13.0 Å². The Morgan fingerprint density at radius 1 is 1.00 bits per heavy atom. The van der Waals surface area contributed by atoms with Gasteiger partial charge in [-0.25, -0.2) is 14.6 Å². The van der Waals surface area contributed by atoms with Gasteiger partial charge in [-0.1, -0.05) is 55.8 Å². The van der Waals surface area contributed by atoms with E-state index in [0.717, 1.165) is 24.0 Å². The van der Waals surface area contributed by atoms with Crippen LogP contribution < -0.4 is 5.56 Å². The number of carbonyl (C=O) groups is 2. The van der Waals surface area contributed by atoms with Gasteiger partial charge in [0.15, 0.2) is 0 Å². The summed E-state index contributed by atoms with van der Waals surface area (Å²) < 4.78 is 1.42. The predicted octanol–water partition coefficient (Wildman–Crippen LogP) is 4.01. The molecule has 0 spiro atoms. The fraction of sp³-hybridized carbons (Fsp3) is 0.250. The van der Waals surface area contributed by atoms with Crippen molar-refractivity contribution in [1.29, 1.82) is 0 Å². The number of carboxylic acid groups (broad SMARTS) is 2. The van der Waals surface area contributed by atoms with Gasteiger partial charge in [-0.05, 0) is 36.1 Å². The monoisotopic (exact) mass is 420 g/mol. The molecule has 0 amide bonds. The van der Waals surface area contributed by atoms with Crippen molar-refractivity contribution in [3.8, 4) is 11.1 Å².